The molecule has 0 saturated heterocycles. The van der Waals surface area contributed by atoms with Crippen LogP contribution in [0.1, 0.15) is 24.2 Å². The minimum atomic E-state index is -0.611. The van der Waals surface area contributed by atoms with E-state index in [1.807, 2.05) is 13.8 Å². The third-order valence-electron chi connectivity index (χ3n) is 3.89. The number of anilines is 1. The van der Waals surface area contributed by atoms with Crippen LogP contribution in [0.25, 0.3) is 0 Å². The van der Waals surface area contributed by atoms with E-state index in [1.165, 1.54) is 12.0 Å². The van der Waals surface area contributed by atoms with Crippen LogP contribution in [0, 0.1) is 5.92 Å². The Morgan fingerprint density at radius 3 is 2.44 bits per heavy atom. The molecule has 0 aromatic heterocycles. The Bertz CT molecular complexity index is 739. The molecule has 146 valence electrons. The Kier molecular flexibility index (Phi) is 6.95. The van der Waals surface area contributed by atoms with Crippen LogP contribution in [0.3, 0.4) is 0 Å². The fourth-order valence-electron chi connectivity index (χ4n) is 2.51. The van der Waals surface area contributed by atoms with Gasteiger partial charge in [0.15, 0.2) is 0 Å². The van der Waals surface area contributed by atoms with E-state index in [0.717, 1.165) is 0 Å². The summed E-state index contributed by atoms with van der Waals surface area (Å²) in [5, 5.41) is 12.0. The molecule has 8 nitrogen and oxygen atoms in total. The largest absolute Gasteiger partial charge is 0.466 e. The molecule has 1 aliphatic heterocycles. The first-order valence-electron chi connectivity index (χ1n) is 8.63. The van der Waals surface area contributed by atoms with Gasteiger partial charge in [0.1, 0.15) is 5.70 Å². The number of carbonyl (C=O) groups is 3. The van der Waals surface area contributed by atoms with Crippen LogP contribution < -0.4 is 5.32 Å². The number of aliphatic hydroxyl groups excluding tert-OH is 1. The topological polar surface area (TPSA) is 105 Å². The fraction of sp³-hybridized carbons (Fsp3) is 0.421. The number of rotatable bonds is 8. The van der Waals surface area contributed by atoms with Crippen molar-refractivity contribution in [2.45, 2.75) is 13.8 Å². The highest BCUT2D eigenvalue weighted by Crippen LogP contribution is 2.23. The van der Waals surface area contributed by atoms with Crippen LogP contribution in [-0.2, 0) is 19.1 Å². The van der Waals surface area contributed by atoms with E-state index in [9.17, 15) is 14.4 Å². The quantitative estimate of drug-likeness (QED) is 0.656. The van der Waals surface area contributed by atoms with E-state index in [1.54, 1.807) is 24.3 Å². The third kappa shape index (κ3) is 5.07. The van der Waals surface area contributed by atoms with Gasteiger partial charge in [0.2, 0.25) is 0 Å². The molecule has 0 spiro atoms. The Morgan fingerprint density at radius 1 is 1.22 bits per heavy atom. The van der Waals surface area contributed by atoms with E-state index in [4.69, 9.17) is 14.6 Å². The maximum Gasteiger partial charge on any atom is 0.338 e. The number of nitrogens with zero attached hydrogens (tertiary/aromatic N) is 1. The molecule has 2 rings (SSSR count). The zero-order chi connectivity index (χ0) is 20.0. The number of hydrogen-bond acceptors (Lipinski definition) is 7. The van der Waals surface area contributed by atoms with Crippen LogP contribution in [0.4, 0.5) is 5.69 Å². The van der Waals surface area contributed by atoms with Crippen molar-refractivity contribution in [3.8, 4) is 0 Å². The summed E-state index contributed by atoms with van der Waals surface area (Å²) >= 11 is 0. The predicted molar refractivity (Wildman–Crippen MR) is 97.9 cm³/mol. The van der Waals surface area contributed by atoms with Gasteiger partial charge in [-0.3, -0.25) is 4.79 Å². The van der Waals surface area contributed by atoms with Crippen molar-refractivity contribution in [1.82, 2.24) is 4.90 Å². The van der Waals surface area contributed by atoms with Crippen molar-refractivity contribution in [1.29, 1.82) is 0 Å². The highest BCUT2D eigenvalue weighted by molar-refractivity contribution is 6.08. The van der Waals surface area contributed by atoms with Gasteiger partial charge in [-0.15, -0.1) is 0 Å². The molecule has 1 amide bonds. The summed E-state index contributed by atoms with van der Waals surface area (Å²) in [6, 6.07) is 6.40. The molecule has 0 saturated carbocycles. The highest BCUT2D eigenvalue weighted by Gasteiger charge is 2.34. The van der Waals surface area contributed by atoms with E-state index in [2.05, 4.69) is 5.32 Å². The van der Waals surface area contributed by atoms with Crippen LogP contribution >= 0.6 is 0 Å². The molecule has 0 radical (unpaired) electrons. The summed E-state index contributed by atoms with van der Waals surface area (Å²) < 4.78 is 9.90. The van der Waals surface area contributed by atoms with Crippen molar-refractivity contribution in [2.75, 3.05) is 38.7 Å². The fourth-order valence-corrected chi connectivity index (χ4v) is 2.51. The summed E-state index contributed by atoms with van der Waals surface area (Å²) in [6.07, 6.45) is 0. The number of ether oxygens (including phenoxy) is 2. The number of hydrogen-bond donors (Lipinski definition) is 2. The standard InChI is InChI=1S/C19H24N2O6/c1-12(2)11-27-18(24)13-4-6-14(7-5-13)20-16-15(19(25)26-3)10-21(8-9-22)17(16)23/h4-7,12,20,22H,8-11H2,1-3H3. The van der Waals surface area contributed by atoms with E-state index in [-0.39, 0.29) is 36.9 Å². The molecule has 1 heterocycles. The lowest BCUT2D eigenvalue weighted by Crippen LogP contribution is -2.31. The summed E-state index contributed by atoms with van der Waals surface area (Å²) in [7, 11) is 1.24. The number of aliphatic hydroxyl groups is 1. The van der Waals surface area contributed by atoms with Gasteiger partial charge in [-0.25, -0.2) is 9.59 Å². The molecule has 2 N–H and O–H groups in total. The molecule has 1 aromatic carbocycles. The molecule has 27 heavy (non-hydrogen) atoms. The van der Waals surface area contributed by atoms with Gasteiger partial charge < -0.3 is 24.8 Å². The molecule has 0 atom stereocenters. The van der Waals surface area contributed by atoms with Gasteiger partial charge in [-0.05, 0) is 30.2 Å². The number of β-amino-alcohol motifs (C(OH)–C–C–N with tert-alkyl or cyclic N) is 1. The Hall–Kier alpha value is -2.87. The highest BCUT2D eigenvalue weighted by atomic mass is 16.5. The molecule has 0 fully saturated rings. The van der Waals surface area contributed by atoms with Crippen molar-refractivity contribution >= 4 is 23.5 Å². The first-order valence-corrected chi connectivity index (χ1v) is 8.63. The van der Waals surface area contributed by atoms with Gasteiger partial charge in [0.25, 0.3) is 5.91 Å². The monoisotopic (exact) mass is 376 g/mol. The molecule has 8 heteroatoms. The average Bonchev–Trinajstić information content (AvgIpc) is 2.96. The minimum Gasteiger partial charge on any atom is -0.466 e. The predicted octanol–water partition coefficient (Wildman–Crippen LogP) is 1.17. The Labute approximate surface area is 157 Å². The second kappa shape index (κ2) is 9.18. The van der Waals surface area contributed by atoms with Gasteiger partial charge in [-0.2, -0.15) is 0 Å². The lowest BCUT2D eigenvalue weighted by molar-refractivity contribution is -0.136. The molecule has 1 aromatic rings. The number of amides is 1. The Balaban J connectivity index is 2.15. The van der Waals surface area contributed by atoms with Crippen LogP contribution in [0.5, 0.6) is 0 Å². The first kappa shape index (κ1) is 20.4. The minimum absolute atomic E-state index is 0.0635. The van der Waals surface area contributed by atoms with Gasteiger partial charge in [0, 0.05) is 12.2 Å². The average molecular weight is 376 g/mol. The van der Waals surface area contributed by atoms with Crippen molar-refractivity contribution < 1.29 is 29.0 Å². The molecular formula is C19H24N2O6. The van der Waals surface area contributed by atoms with Crippen molar-refractivity contribution in [3.05, 3.63) is 41.1 Å². The van der Waals surface area contributed by atoms with Crippen LogP contribution in [-0.4, -0.2) is 61.3 Å². The van der Waals surface area contributed by atoms with Gasteiger partial charge in [0.05, 0.1) is 38.0 Å². The summed E-state index contributed by atoms with van der Waals surface area (Å²) in [5.74, 6) is -1.19. The number of nitrogens with one attached hydrogen (secondary N) is 1. The normalized spacial score (nSPS) is 14.0. The van der Waals surface area contributed by atoms with Crippen LogP contribution in [0.15, 0.2) is 35.5 Å². The molecular weight excluding hydrogens is 352 g/mol. The second-order valence-corrected chi connectivity index (χ2v) is 6.49. The van der Waals surface area contributed by atoms with E-state index < -0.39 is 17.8 Å². The lowest BCUT2D eigenvalue weighted by atomic mass is 10.2. The van der Waals surface area contributed by atoms with E-state index in [0.29, 0.717) is 17.9 Å². The maximum atomic E-state index is 12.5. The second-order valence-electron chi connectivity index (χ2n) is 6.49. The van der Waals surface area contributed by atoms with Gasteiger partial charge >= 0.3 is 11.9 Å². The zero-order valence-electron chi connectivity index (χ0n) is 15.7. The van der Waals surface area contributed by atoms with Crippen molar-refractivity contribution in [2.24, 2.45) is 5.92 Å². The third-order valence-corrected chi connectivity index (χ3v) is 3.89. The summed E-state index contributed by atoms with van der Waals surface area (Å²) in [5.41, 5.74) is 1.22. The van der Waals surface area contributed by atoms with Crippen LogP contribution in [0.2, 0.25) is 0 Å². The Morgan fingerprint density at radius 2 is 1.89 bits per heavy atom. The molecule has 0 unspecified atom stereocenters. The number of benzene rings is 1. The van der Waals surface area contributed by atoms with E-state index >= 15 is 0 Å². The maximum absolute atomic E-state index is 12.5. The smallest absolute Gasteiger partial charge is 0.338 e. The van der Waals surface area contributed by atoms with Crippen molar-refractivity contribution in [3.63, 3.8) is 0 Å². The number of methoxy groups -OCH3 is 1. The summed E-state index contributed by atoms with van der Waals surface area (Å²) in [4.78, 5) is 37.7. The van der Waals surface area contributed by atoms with Gasteiger partial charge in [-0.1, -0.05) is 13.8 Å². The summed E-state index contributed by atoms with van der Waals surface area (Å²) in [6.45, 7) is 4.21. The molecule has 0 bridgehead atoms. The lowest BCUT2D eigenvalue weighted by Gasteiger charge is -2.15. The number of esters is 2. The zero-order valence-corrected chi connectivity index (χ0v) is 15.7. The first-order chi connectivity index (χ1) is 12.9. The molecule has 1 aliphatic rings. The SMILES string of the molecule is COC(=O)C1=C(Nc2ccc(C(=O)OCC(C)C)cc2)C(=O)N(CCO)C1. The molecule has 0 aliphatic carbocycles. The number of carbonyl (C=O) groups excluding carboxylic acids is 3.